The van der Waals surface area contributed by atoms with Gasteiger partial charge in [0.15, 0.2) is 0 Å². The molecule has 0 aromatic heterocycles. The van der Waals surface area contributed by atoms with Gasteiger partial charge in [0.05, 0.1) is 6.10 Å². The number of rotatable bonds is 5. The highest BCUT2D eigenvalue weighted by molar-refractivity contribution is 5.28. The van der Waals surface area contributed by atoms with Crippen molar-refractivity contribution < 1.29 is 13.9 Å². The standard InChI is InChI=1S/C17H18F2O/c1-2-5-12-6-3-7-13(10-12)17(20)11-14-15(18)8-4-9-16(14)19/h3-4,6-10,17,20H,2,5,11H2,1H3. The van der Waals surface area contributed by atoms with E-state index in [0.717, 1.165) is 18.4 Å². The van der Waals surface area contributed by atoms with Crippen LogP contribution in [0.25, 0.3) is 0 Å². The largest absolute Gasteiger partial charge is 0.388 e. The quantitative estimate of drug-likeness (QED) is 0.868. The normalized spacial score (nSPS) is 12.4. The van der Waals surface area contributed by atoms with Gasteiger partial charge in [0.1, 0.15) is 11.6 Å². The van der Waals surface area contributed by atoms with E-state index in [0.29, 0.717) is 5.56 Å². The summed E-state index contributed by atoms with van der Waals surface area (Å²) in [5, 5.41) is 10.2. The van der Waals surface area contributed by atoms with Gasteiger partial charge < -0.3 is 5.11 Å². The van der Waals surface area contributed by atoms with E-state index in [1.807, 2.05) is 18.2 Å². The topological polar surface area (TPSA) is 20.2 Å². The van der Waals surface area contributed by atoms with Crippen molar-refractivity contribution in [3.8, 4) is 0 Å². The fraction of sp³-hybridized carbons (Fsp3) is 0.294. The third kappa shape index (κ3) is 3.42. The molecule has 1 N–H and O–H groups in total. The molecule has 0 amide bonds. The minimum Gasteiger partial charge on any atom is -0.388 e. The van der Waals surface area contributed by atoms with Gasteiger partial charge in [0, 0.05) is 12.0 Å². The lowest BCUT2D eigenvalue weighted by molar-refractivity contribution is 0.175. The smallest absolute Gasteiger partial charge is 0.129 e. The van der Waals surface area contributed by atoms with Crippen LogP contribution in [0.5, 0.6) is 0 Å². The van der Waals surface area contributed by atoms with Crippen molar-refractivity contribution >= 4 is 0 Å². The van der Waals surface area contributed by atoms with E-state index < -0.39 is 17.7 Å². The van der Waals surface area contributed by atoms with E-state index in [2.05, 4.69) is 6.92 Å². The summed E-state index contributed by atoms with van der Waals surface area (Å²) in [4.78, 5) is 0. The highest BCUT2D eigenvalue weighted by Gasteiger charge is 2.15. The van der Waals surface area contributed by atoms with Gasteiger partial charge in [-0.1, -0.05) is 43.7 Å². The Bertz CT molecular complexity index is 561. The average Bonchev–Trinajstić information content (AvgIpc) is 2.43. The maximum absolute atomic E-state index is 13.6. The second kappa shape index (κ2) is 6.62. The first-order chi connectivity index (χ1) is 9.61. The predicted octanol–water partition coefficient (Wildman–Crippen LogP) is 4.19. The molecule has 0 aliphatic carbocycles. The van der Waals surface area contributed by atoms with Crippen molar-refractivity contribution in [3.05, 3.63) is 70.8 Å². The van der Waals surface area contributed by atoms with Gasteiger partial charge in [-0.2, -0.15) is 0 Å². The number of hydrogen-bond donors (Lipinski definition) is 1. The maximum Gasteiger partial charge on any atom is 0.129 e. The zero-order valence-corrected chi connectivity index (χ0v) is 11.4. The number of halogens is 2. The molecule has 3 heteroatoms. The van der Waals surface area contributed by atoms with Crippen LogP contribution in [0.2, 0.25) is 0 Å². The van der Waals surface area contributed by atoms with Crippen molar-refractivity contribution in [2.75, 3.05) is 0 Å². The van der Waals surface area contributed by atoms with E-state index in [4.69, 9.17) is 0 Å². The van der Waals surface area contributed by atoms with Gasteiger partial charge in [0.25, 0.3) is 0 Å². The third-order valence-corrected chi connectivity index (χ3v) is 3.33. The minimum absolute atomic E-state index is 0.0614. The summed E-state index contributed by atoms with van der Waals surface area (Å²) in [7, 11) is 0. The zero-order valence-electron chi connectivity index (χ0n) is 11.4. The first-order valence-electron chi connectivity index (χ1n) is 6.81. The van der Waals surface area contributed by atoms with Crippen molar-refractivity contribution in [1.29, 1.82) is 0 Å². The molecule has 0 bridgehead atoms. The highest BCUT2D eigenvalue weighted by atomic mass is 19.1. The molecule has 1 unspecified atom stereocenters. The van der Waals surface area contributed by atoms with Crippen LogP contribution in [0.1, 0.15) is 36.1 Å². The van der Waals surface area contributed by atoms with Crippen LogP contribution >= 0.6 is 0 Å². The summed E-state index contributed by atoms with van der Waals surface area (Å²) >= 11 is 0. The maximum atomic E-state index is 13.6. The lowest BCUT2D eigenvalue weighted by Gasteiger charge is -2.13. The summed E-state index contributed by atoms with van der Waals surface area (Å²) in [5.41, 5.74) is 1.75. The van der Waals surface area contributed by atoms with Crippen LogP contribution in [-0.4, -0.2) is 5.11 Å². The van der Waals surface area contributed by atoms with Gasteiger partial charge >= 0.3 is 0 Å². The molecular weight excluding hydrogens is 258 g/mol. The molecule has 0 spiro atoms. The molecule has 106 valence electrons. The number of aliphatic hydroxyl groups excluding tert-OH is 1. The molecular formula is C17H18F2O. The number of aryl methyl sites for hydroxylation is 1. The monoisotopic (exact) mass is 276 g/mol. The molecule has 0 heterocycles. The van der Waals surface area contributed by atoms with Crippen LogP contribution in [-0.2, 0) is 12.8 Å². The fourth-order valence-electron chi connectivity index (χ4n) is 2.28. The Balaban J connectivity index is 2.19. The van der Waals surface area contributed by atoms with Crippen molar-refractivity contribution in [3.63, 3.8) is 0 Å². The molecule has 0 saturated heterocycles. The number of aliphatic hydroxyl groups is 1. The van der Waals surface area contributed by atoms with Gasteiger partial charge in [-0.15, -0.1) is 0 Å². The molecule has 20 heavy (non-hydrogen) atoms. The Kier molecular flexibility index (Phi) is 4.85. The summed E-state index contributed by atoms with van der Waals surface area (Å²) < 4.78 is 27.2. The van der Waals surface area contributed by atoms with E-state index in [1.54, 1.807) is 6.07 Å². The highest BCUT2D eigenvalue weighted by Crippen LogP contribution is 2.23. The molecule has 2 rings (SSSR count). The Morgan fingerprint density at radius 2 is 1.70 bits per heavy atom. The predicted molar refractivity (Wildman–Crippen MR) is 75.5 cm³/mol. The van der Waals surface area contributed by atoms with Gasteiger partial charge in [-0.3, -0.25) is 0 Å². The second-order valence-corrected chi connectivity index (χ2v) is 4.92. The van der Waals surface area contributed by atoms with Crippen LogP contribution in [0.3, 0.4) is 0 Å². The van der Waals surface area contributed by atoms with Gasteiger partial charge in [-0.05, 0) is 29.7 Å². The van der Waals surface area contributed by atoms with Crippen molar-refractivity contribution in [1.82, 2.24) is 0 Å². The molecule has 0 aliphatic heterocycles. The average molecular weight is 276 g/mol. The zero-order chi connectivity index (χ0) is 14.5. The van der Waals surface area contributed by atoms with E-state index in [9.17, 15) is 13.9 Å². The third-order valence-electron chi connectivity index (χ3n) is 3.33. The molecule has 0 saturated carbocycles. The van der Waals surface area contributed by atoms with Crippen LogP contribution < -0.4 is 0 Å². The van der Waals surface area contributed by atoms with E-state index in [1.165, 1.54) is 18.2 Å². The number of hydrogen-bond acceptors (Lipinski definition) is 1. The summed E-state index contributed by atoms with van der Waals surface area (Å²) in [5.74, 6) is -1.23. The SMILES string of the molecule is CCCc1cccc(C(O)Cc2c(F)cccc2F)c1. The van der Waals surface area contributed by atoms with Crippen LogP contribution in [0, 0.1) is 11.6 Å². The van der Waals surface area contributed by atoms with Gasteiger partial charge in [0.2, 0.25) is 0 Å². The first kappa shape index (κ1) is 14.7. The van der Waals surface area contributed by atoms with E-state index in [-0.39, 0.29) is 12.0 Å². The van der Waals surface area contributed by atoms with Crippen molar-refractivity contribution in [2.45, 2.75) is 32.3 Å². The van der Waals surface area contributed by atoms with Crippen LogP contribution in [0.15, 0.2) is 42.5 Å². The summed E-state index contributed by atoms with van der Waals surface area (Å²) in [6, 6.07) is 11.3. The molecule has 2 aromatic carbocycles. The fourth-order valence-corrected chi connectivity index (χ4v) is 2.28. The molecule has 0 aliphatic rings. The lowest BCUT2D eigenvalue weighted by Crippen LogP contribution is -2.06. The Morgan fingerprint density at radius 1 is 1.05 bits per heavy atom. The molecule has 0 radical (unpaired) electrons. The summed E-state index contributed by atoms with van der Waals surface area (Å²) in [6.45, 7) is 2.08. The van der Waals surface area contributed by atoms with Gasteiger partial charge in [-0.25, -0.2) is 8.78 Å². The Morgan fingerprint density at radius 3 is 2.35 bits per heavy atom. The first-order valence-corrected chi connectivity index (χ1v) is 6.81. The molecule has 1 atom stereocenters. The Labute approximate surface area is 117 Å². The summed E-state index contributed by atoms with van der Waals surface area (Å²) in [6.07, 6.45) is 0.975. The molecule has 1 nitrogen and oxygen atoms in total. The molecule has 0 fully saturated rings. The van der Waals surface area contributed by atoms with Crippen molar-refractivity contribution in [2.24, 2.45) is 0 Å². The number of benzene rings is 2. The second-order valence-electron chi connectivity index (χ2n) is 4.92. The minimum atomic E-state index is -0.904. The van der Waals surface area contributed by atoms with Crippen LogP contribution in [0.4, 0.5) is 8.78 Å². The van der Waals surface area contributed by atoms with E-state index >= 15 is 0 Å². The lowest BCUT2D eigenvalue weighted by atomic mass is 9.98. The Hall–Kier alpha value is -1.74. The molecule has 2 aromatic rings.